The fourth-order valence-corrected chi connectivity index (χ4v) is 5.10. The molecule has 0 saturated heterocycles. The molecular formula is C23H27N7O4S. The van der Waals surface area contributed by atoms with Crippen LogP contribution < -0.4 is 10.6 Å². The largest absolute Gasteiger partial charge is 0.393 e. The van der Waals surface area contributed by atoms with Crippen LogP contribution in [0.3, 0.4) is 0 Å². The molecule has 0 aliphatic heterocycles. The van der Waals surface area contributed by atoms with Gasteiger partial charge in [-0.2, -0.15) is 9.19 Å². The Morgan fingerprint density at radius 3 is 2.71 bits per heavy atom. The molecule has 2 saturated carbocycles. The lowest BCUT2D eigenvalue weighted by Crippen LogP contribution is -2.17. The maximum absolute atomic E-state index is 12.7. The van der Waals surface area contributed by atoms with Crippen LogP contribution in [0.1, 0.15) is 49.4 Å². The summed E-state index contributed by atoms with van der Waals surface area (Å²) in [5, 5.41) is 19.6. The number of ketones is 1. The molecule has 12 heteroatoms. The third kappa shape index (κ3) is 5.33. The number of nitrogens with zero attached hydrogens (tertiary/aromatic N) is 5. The van der Waals surface area contributed by atoms with Gasteiger partial charge in [-0.25, -0.2) is 23.4 Å². The van der Waals surface area contributed by atoms with Crippen molar-refractivity contribution in [1.82, 2.24) is 24.1 Å². The van der Waals surface area contributed by atoms with Crippen LogP contribution >= 0.6 is 0 Å². The minimum absolute atomic E-state index is 0.0574. The molecule has 11 nitrogen and oxygen atoms in total. The van der Waals surface area contributed by atoms with E-state index in [1.54, 1.807) is 31.5 Å². The van der Waals surface area contributed by atoms with Crippen LogP contribution in [0.15, 0.2) is 36.9 Å². The molecule has 0 radical (unpaired) electrons. The molecule has 3 aromatic rings. The number of Topliss-reactive ketones (excluding diaryl/α,β-unsaturated/α-hetero) is 1. The quantitative estimate of drug-likeness (QED) is 0.337. The Morgan fingerprint density at radius 2 is 2.00 bits per heavy atom. The van der Waals surface area contributed by atoms with Crippen molar-refractivity contribution < 1.29 is 18.3 Å². The Balaban J connectivity index is 1.35. The van der Waals surface area contributed by atoms with E-state index in [-0.39, 0.29) is 17.0 Å². The number of anilines is 3. The number of rotatable bonds is 11. The molecule has 1 atom stereocenters. The predicted molar refractivity (Wildman–Crippen MR) is 130 cm³/mol. The molecule has 184 valence electrons. The topological polar surface area (TPSA) is 152 Å². The lowest BCUT2D eigenvalue weighted by Gasteiger charge is -2.14. The van der Waals surface area contributed by atoms with E-state index in [4.69, 9.17) is 0 Å². The van der Waals surface area contributed by atoms with Gasteiger partial charge < -0.3 is 15.7 Å². The van der Waals surface area contributed by atoms with Crippen molar-refractivity contribution in [2.24, 2.45) is 5.92 Å². The molecule has 0 spiro atoms. The van der Waals surface area contributed by atoms with Gasteiger partial charge in [0.25, 0.3) is 10.0 Å². The first-order valence-corrected chi connectivity index (χ1v) is 13.2. The van der Waals surface area contributed by atoms with Crippen molar-refractivity contribution in [1.29, 1.82) is 0 Å². The van der Waals surface area contributed by atoms with Crippen LogP contribution in [0.5, 0.6) is 0 Å². The second-order valence-electron chi connectivity index (χ2n) is 9.05. The molecule has 0 aromatic carbocycles. The first-order chi connectivity index (χ1) is 16.8. The number of aliphatic hydroxyl groups excluding tert-OH is 1. The van der Waals surface area contributed by atoms with Gasteiger partial charge in [-0.05, 0) is 45.1 Å². The molecule has 3 aromatic heterocycles. The van der Waals surface area contributed by atoms with Gasteiger partial charge in [-0.1, -0.05) is 0 Å². The number of hydrogen-bond donors (Lipinski definition) is 3. The first kappa shape index (κ1) is 23.4. The molecular weight excluding hydrogens is 470 g/mol. The molecule has 0 unspecified atom stereocenters. The standard InChI is InChI=1S/C23H27N7O4S/c1-14(31)6-8-24-19-10-21(26-12-18(19)22(32)15-2-3-15)28-20-7-9-25-23(29-20)16-11-27-30(13-16)35(33,34)17-4-5-17/h7,9-15,17,31H,2-6,8H2,1H3,(H2,24,25,26,28,29)/t14-/m1/s1. The van der Waals surface area contributed by atoms with Crippen molar-refractivity contribution in [2.45, 2.75) is 50.4 Å². The number of hydrogen-bond acceptors (Lipinski definition) is 10. The highest BCUT2D eigenvalue weighted by Gasteiger charge is 2.37. The number of carbonyl (C=O) groups excluding carboxylic acids is 1. The second-order valence-corrected chi connectivity index (χ2v) is 11.1. The highest BCUT2D eigenvalue weighted by atomic mass is 32.2. The number of aliphatic hydroxyl groups is 1. The summed E-state index contributed by atoms with van der Waals surface area (Å²) in [5.74, 6) is 1.39. The third-order valence-corrected chi connectivity index (χ3v) is 7.97. The molecule has 3 heterocycles. The van der Waals surface area contributed by atoms with Gasteiger partial charge in [0.05, 0.1) is 40.6 Å². The monoisotopic (exact) mass is 497 g/mol. The van der Waals surface area contributed by atoms with E-state index in [1.165, 1.54) is 12.4 Å². The number of aromatic nitrogens is 5. The van der Waals surface area contributed by atoms with Gasteiger partial charge in [0.1, 0.15) is 11.6 Å². The molecule has 3 N–H and O–H groups in total. The summed E-state index contributed by atoms with van der Waals surface area (Å²) in [5.41, 5.74) is 1.67. The van der Waals surface area contributed by atoms with Crippen LogP contribution in [0, 0.1) is 5.92 Å². The SMILES string of the molecule is C[C@@H](O)CCNc1cc(Nc2ccnc(-c3cnn(S(=O)(=O)C4CC4)c3)n2)ncc1C(=O)C1CC1. The number of carbonyl (C=O) groups is 1. The summed E-state index contributed by atoms with van der Waals surface area (Å²) in [6, 6.07) is 3.42. The highest BCUT2D eigenvalue weighted by Crippen LogP contribution is 2.35. The third-order valence-electron chi connectivity index (χ3n) is 5.93. The van der Waals surface area contributed by atoms with Crippen molar-refractivity contribution in [3.05, 3.63) is 42.5 Å². The average Bonchev–Trinajstić information content (AvgIpc) is 3.76. The summed E-state index contributed by atoms with van der Waals surface area (Å²) >= 11 is 0. The Kier molecular flexibility index (Phi) is 6.24. The summed E-state index contributed by atoms with van der Waals surface area (Å²) in [7, 11) is -3.47. The minimum atomic E-state index is -3.47. The summed E-state index contributed by atoms with van der Waals surface area (Å²) in [4.78, 5) is 25.8. The van der Waals surface area contributed by atoms with Crippen LogP contribution in [0.4, 0.5) is 17.3 Å². The molecule has 2 fully saturated rings. The molecule has 35 heavy (non-hydrogen) atoms. The molecule has 0 bridgehead atoms. The van der Waals surface area contributed by atoms with Gasteiger partial charge in [0, 0.05) is 30.9 Å². The first-order valence-electron chi connectivity index (χ1n) is 11.7. The van der Waals surface area contributed by atoms with Crippen LogP contribution in [0.2, 0.25) is 0 Å². The minimum Gasteiger partial charge on any atom is -0.393 e. The van der Waals surface area contributed by atoms with Gasteiger partial charge >= 0.3 is 0 Å². The average molecular weight is 498 g/mol. The van der Waals surface area contributed by atoms with Crippen molar-refractivity contribution >= 4 is 33.1 Å². The van der Waals surface area contributed by atoms with E-state index in [9.17, 15) is 18.3 Å². The van der Waals surface area contributed by atoms with Crippen LogP contribution in [-0.2, 0) is 10.0 Å². The molecule has 2 aliphatic carbocycles. The van der Waals surface area contributed by atoms with Crippen LogP contribution in [-0.4, -0.2) is 61.3 Å². The zero-order valence-electron chi connectivity index (χ0n) is 19.3. The second kappa shape index (κ2) is 9.34. The zero-order valence-corrected chi connectivity index (χ0v) is 20.1. The van der Waals surface area contributed by atoms with E-state index in [0.29, 0.717) is 60.1 Å². The maximum Gasteiger partial charge on any atom is 0.256 e. The van der Waals surface area contributed by atoms with Gasteiger partial charge in [-0.3, -0.25) is 4.79 Å². The number of nitrogens with one attached hydrogen (secondary N) is 2. The van der Waals surface area contributed by atoms with Crippen molar-refractivity contribution in [3.8, 4) is 11.4 Å². The Morgan fingerprint density at radius 1 is 1.20 bits per heavy atom. The van der Waals surface area contributed by atoms with E-state index in [1.807, 2.05) is 0 Å². The summed E-state index contributed by atoms with van der Waals surface area (Å²) in [6.07, 6.45) is 9.17. The lowest BCUT2D eigenvalue weighted by molar-refractivity contribution is 0.0968. The molecule has 0 amide bonds. The fraction of sp³-hybridized carbons (Fsp3) is 0.435. The number of pyridine rings is 1. The van der Waals surface area contributed by atoms with E-state index >= 15 is 0 Å². The highest BCUT2D eigenvalue weighted by molar-refractivity contribution is 7.90. The molecule has 5 rings (SSSR count). The summed E-state index contributed by atoms with van der Waals surface area (Å²) < 4.78 is 25.8. The zero-order chi connectivity index (χ0) is 24.6. The predicted octanol–water partition coefficient (Wildman–Crippen LogP) is 2.59. The molecule has 2 aliphatic rings. The van der Waals surface area contributed by atoms with E-state index < -0.39 is 16.1 Å². The maximum atomic E-state index is 12.7. The van der Waals surface area contributed by atoms with Gasteiger partial charge in [0.2, 0.25) is 0 Å². The van der Waals surface area contributed by atoms with E-state index in [0.717, 1.165) is 16.9 Å². The fourth-order valence-electron chi connectivity index (χ4n) is 3.62. The van der Waals surface area contributed by atoms with Gasteiger partial charge in [-0.15, -0.1) is 0 Å². The Labute approximate surface area is 203 Å². The summed E-state index contributed by atoms with van der Waals surface area (Å²) in [6.45, 7) is 2.23. The van der Waals surface area contributed by atoms with Gasteiger partial charge in [0.15, 0.2) is 11.6 Å². The Hall–Kier alpha value is -3.38. The lowest BCUT2D eigenvalue weighted by atomic mass is 10.1. The Bertz CT molecular complexity index is 1350. The van der Waals surface area contributed by atoms with Crippen molar-refractivity contribution in [3.63, 3.8) is 0 Å². The van der Waals surface area contributed by atoms with Crippen molar-refractivity contribution in [2.75, 3.05) is 17.2 Å². The smallest absolute Gasteiger partial charge is 0.256 e. The normalized spacial score (nSPS) is 16.6. The van der Waals surface area contributed by atoms with E-state index in [2.05, 4.69) is 30.7 Å². The van der Waals surface area contributed by atoms with Crippen LogP contribution in [0.25, 0.3) is 11.4 Å².